The van der Waals surface area contributed by atoms with E-state index in [-0.39, 0.29) is 6.04 Å². The minimum Gasteiger partial charge on any atom is -0.493 e. The molecule has 0 spiro atoms. The van der Waals surface area contributed by atoms with Gasteiger partial charge >= 0.3 is 0 Å². The Balaban J connectivity index is 1.42. The van der Waals surface area contributed by atoms with Crippen molar-refractivity contribution in [3.63, 3.8) is 0 Å². The minimum atomic E-state index is 0.173. The van der Waals surface area contributed by atoms with Crippen LogP contribution in [0.3, 0.4) is 0 Å². The number of para-hydroxylation sites is 1. The molecule has 1 aliphatic rings. The lowest BCUT2D eigenvalue weighted by molar-refractivity contribution is 0.261. The highest BCUT2D eigenvalue weighted by molar-refractivity contribution is 5.80. The summed E-state index contributed by atoms with van der Waals surface area (Å²) in [6.45, 7) is 2.12. The number of rotatable bonds is 7. The molecule has 1 aromatic carbocycles. The van der Waals surface area contributed by atoms with Crippen LogP contribution < -0.4 is 15.4 Å². The molecule has 0 bridgehead atoms. The molecule has 1 aliphatic heterocycles. The summed E-state index contributed by atoms with van der Waals surface area (Å²) in [5.74, 6) is 2.70. The van der Waals surface area contributed by atoms with Crippen LogP contribution in [-0.2, 0) is 19.9 Å². The Morgan fingerprint density at radius 1 is 1.21 bits per heavy atom. The Morgan fingerprint density at radius 2 is 2.14 bits per heavy atom. The number of guanidine groups is 1. The van der Waals surface area contributed by atoms with Gasteiger partial charge < -0.3 is 19.8 Å². The number of nitrogens with one attached hydrogen (secondary N) is 2. The highest BCUT2D eigenvalue weighted by Gasteiger charge is 2.21. The maximum atomic E-state index is 5.79. The molecule has 7 heteroatoms. The van der Waals surface area contributed by atoms with Gasteiger partial charge in [0.1, 0.15) is 11.5 Å². The average Bonchev–Trinajstić information content (AvgIpc) is 3.40. The smallest absolute Gasteiger partial charge is 0.191 e. The number of hydrogen-bond acceptors (Lipinski definition) is 4. The van der Waals surface area contributed by atoms with Crippen LogP contribution in [0, 0.1) is 0 Å². The van der Waals surface area contributed by atoms with E-state index in [0.717, 1.165) is 43.3 Å². The lowest BCUT2D eigenvalue weighted by atomic mass is 10.0. The Kier molecular flexibility index (Phi) is 6.14. The summed E-state index contributed by atoms with van der Waals surface area (Å²) in [5, 5.41) is 11.3. The third-order valence-electron chi connectivity index (χ3n) is 5.07. The summed E-state index contributed by atoms with van der Waals surface area (Å²) in [6.07, 6.45) is 6.07. The van der Waals surface area contributed by atoms with E-state index in [0.29, 0.717) is 13.2 Å². The van der Waals surface area contributed by atoms with Crippen molar-refractivity contribution in [1.29, 1.82) is 0 Å². The van der Waals surface area contributed by atoms with Gasteiger partial charge in [0, 0.05) is 56.9 Å². The Bertz CT molecular complexity index is 932. The summed E-state index contributed by atoms with van der Waals surface area (Å²) in [7, 11) is 1.96. The van der Waals surface area contributed by atoms with Crippen molar-refractivity contribution < 1.29 is 9.15 Å². The van der Waals surface area contributed by atoms with Crippen molar-refractivity contribution in [1.82, 2.24) is 20.4 Å². The SMILES string of the molecule is Cn1nccc1CCNC(=NCCc1ccco1)NC1CCOc2ccccc21. The van der Waals surface area contributed by atoms with Gasteiger partial charge in [-0.25, -0.2) is 0 Å². The Labute approximate surface area is 170 Å². The molecule has 152 valence electrons. The Morgan fingerprint density at radius 3 is 2.97 bits per heavy atom. The third-order valence-corrected chi connectivity index (χ3v) is 5.07. The molecular weight excluding hydrogens is 366 g/mol. The summed E-state index contributed by atoms with van der Waals surface area (Å²) < 4.78 is 13.1. The summed E-state index contributed by atoms with van der Waals surface area (Å²) in [6, 6.07) is 14.3. The highest BCUT2D eigenvalue weighted by Crippen LogP contribution is 2.31. The first-order valence-electron chi connectivity index (χ1n) is 10.1. The highest BCUT2D eigenvalue weighted by atomic mass is 16.5. The molecule has 0 saturated carbocycles. The first-order valence-corrected chi connectivity index (χ1v) is 10.1. The minimum absolute atomic E-state index is 0.173. The van der Waals surface area contributed by atoms with E-state index in [4.69, 9.17) is 14.1 Å². The van der Waals surface area contributed by atoms with Crippen LogP contribution in [0.2, 0.25) is 0 Å². The number of hydrogen-bond donors (Lipinski definition) is 2. The molecule has 7 nitrogen and oxygen atoms in total. The van der Waals surface area contributed by atoms with Gasteiger partial charge in [-0.3, -0.25) is 9.67 Å². The molecule has 3 heterocycles. The molecule has 0 aliphatic carbocycles. The predicted octanol–water partition coefficient (Wildman–Crippen LogP) is 2.86. The molecule has 0 radical (unpaired) electrons. The van der Waals surface area contributed by atoms with Crippen molar-refractivity contribution in [2.24, 2.45) is 12.0 Å². The zero-order valence-electron chi connectivity index (χ0n) is 16.7. The molecule has 1 unspecified atom stereocenters. The van der Waals surface area contributed by atoms with Gasteiger partial charge in [-0.05, 0) is 24.3 Å². The number of aromatic nitrogens is 2. The number of aryl methyl sites for hydroxylation is 1. The van der Waals surface area contributed by atoms with E-state index in [1.54, 1.807) is 6.26 Å². The fraction of sp³-hybridized carbons (Fsp3) is 0.364. The van der Waals surface area contributed by atoms with E-state index < -0.39 is 0 Å². The maximum absolute atomic E-state index is 5.79. The average molecular weight is 393 g/mol. The molecule has 0 amide bonds. The second kappa shape index (κ2) is 9.32. The normalized spacial score (nSPS) is 16.2. The zero-order valence-corrected chi connectivity index (χ0v) is 16.7. The van der Waals surface area contributed by atoms with E-state index >= 15 is 0 Å². The van der Waals surface area contributed by atoms with Gasteiger partial charge in [0.2, 0.25) is 0 Å². The molecule has 2 N–H and O–H groups in total. The van der Waals surface area contributed by atoms with E-state index in [1.807, 2.05) is 54.3 Å². The van der Waals surface area contributed by atoms with Crippen LogP contribution in [0.5, 0.6) is 5.75 Å². The summed E-state index contributed by atoms with van der Waals surface area (Å²) in [5.41, 5.74) is 2.36. The molecule has 29 heavy (non-hydrogen) atoms. The zero-order chi connectivity index (χ0) is 19.9. The van der Waals surface area contributed by atoms with Gasteiger partial charge in [-0.15, -0.1) is 0 Å². The van der Waals surface area contributed by atoms with Gasteiger partial charge in [-0.2, -0.15) is 5.10 Å². The maximum Gasteiger partial charge on any atom is 0.191 e. The molecule has 0 saturated heterocycles. The number of benzene rings is 1. The van der Waals surface area contributed by atoms with E-state index in [2.05, 4.69) is 21.8 Å². The standard InChI is InChI=1S/C22H27N5O2/c1-27-17(9-14-25-27)8-12-23-22(24-13-10-18-5-4-15-28-18)26-20-11-16-29-21-7-3-2-6-19(20)21/h2-7,9,14-15,20H,8,10-13,16H2,1H3,(H2,23,24,26). The summed E-state index contributed by atoms with van der Waals surface area (Å²) >= 11 is 0. The van der Waals surface area contributed by atoms with Crippen LogP contribution in [0.1, 0.15) is 29.5 Å². The van der Waals surface area contributed by atoms with Crippen molar-refractivity contribution in [3.8, 4) is 5.75 Å². The lowest BCUT2D eigenvalue weighted by Gasteiger charge is -2.28. The number of ether oxygens (including phenoxy) is 1. The first kappa shape index (κ1) is 19.1. The van der Waals surface area contributed by atoms with Gasteiger partial charge in [-0.1, -0.05) is 18.2 Å². The predicted molar refractivity (Wildman–Crippen MR) is 112 cm³/mol. The van der Waals surface area contributed by atoms with Gasteiger partial charge in [0.15, 0.2) is 5.96 Å². The largest absolute Gasteiger partial charge is 0.493 e. The van der Waals surface area contributed by atoms with Crippen LogP contribution in [0.25, 0.3) is 0 Å². The first-order chi connectivity index (χ1) is 14.3. The third kappa shape index (κ3) is 4.99. The number of aliphatic imine (C=N–C) groups is 1. The molecular formula is C22H27N5O2. The van der Waals surface area contributed by atoms with Crippen molar-refractivity contribution in [2.75, 3.05) is 19.7 Å². The molecule has 2 aromatic heterocycles. The molecule has 3 aromatic rings. The fourth-order valence-corrected chi connectivity index (χ4v) is 3.50. The van der Waals surface area contributed by atoms with E-state index in [9.17, 15) is 0 Å². The Hall–Kier alpha value is -3.22. The van der Waals surface area contributed by atoms with Crippen molar-refractivity contribution >= 4 is 5.96 Å². The topological polar surface area (TPSA) is 76.6 Å². The lowest BCUT2D eigenvalue weighted by Crippen LogP contribution is -2.42. The monoisotopic (exact) mass is 393 g/mol. The fourth-order valence-electron chi connectivity index (χ4n) is 3.50. The van der Waals surface area contributed by atoms with Crippen molar-refractivity contribution in [3.05, 3.63) is 71.9 Å². The van der Waals surface area contributed by atoms with Crippen molar-refractivity contribution in [2.45, 2.75) is 25.3 Å². The second-order valence-electron chi connectivity index (χ2n) is 7.05. The van der Waals surface area contributed by atoms with Crippen LogP contribution in [0.15, 0.2) is 64.3 Å². The molecule has 0 fully saturated rings. The summed E-state index contributed by atoms with van der Waals surface area (Å²) in [4.78, 5) is 4.78. The van der Waals surface area contributed by atoms with Gasteiger partial charge in [0.05, 0.1) is 18.9 Å². The van der Waals surface area contributed by atoms with Crippen LogP contribution >= 0.6 is 0 Å². The molecule has 1 atom stereocenters. The quantitative estimate of drug-likeness (QED) is 0.477. The van der Waals surface area contributed by atoms with E-state index in [1.165, 1.54) is 11.3 Å². The van der Waals surface area contributed by atoms with Gasteiger partial charge in [0.25, 0.3) is 0 Å². The second-order valence-corrected chi connectivity index (χ2v) is 7.05. The number of fused-ring (bicyclic) bond motifs is 1. The molecule has 4 rings (SSSR count). The number of nitrogens with zero attached hydrogens (tertiary/aromatic N) is 3. The van der Waals surface area contributed by atoms with Crippen LogP contribution in [-0.4, -0.2) is 35.4 Å². The number of furan rings is 1. The van der Waals surface area contributed by atoms with Crippen LogP contribution in [0.4, 0.5) is 0 Å².